The molecule has 1 unspecified atom stereocenters. The van der Waals surface area contributed by atoms with Gasteiger partial charge in [0, 0.05) is 0 Å². The van der Waals surface area contributed by atoms with Crippen molar-refractivity contribution in [2.45, 2.75) is 26.7 Å². The standard InChI is InChI=1S/C9H18O6S/c1-3-9(2,7-10)8(11)15-5-4-6-16(12,13)14/h10H,3-7H2,1-2H3,(H,12,13,14). The summed E-state index contributed by atoms with van der Waals surface area (Å²) in [6.45, 7) is 2.91. The number of aliphatic hydroxyl groups excluding tert-OH is 1. The lowest BCUT2D eigenvalue weighted by Gasteiger charge is -2.22. The lowest BCUT2D eigenvalue weighted by Crippen LogP contribution is -2.33. The maximum absolute atomic E-state index is 11.5. The molecule has 0 aromatic rings. The van der Waals surface area contributed by atoms with E-state index in [9.17, 15) is 13.2 Å². The van der Waals surface area contributed by atoms with Gasteiger partial charge in [0.05, 0.1) is 24.4 Å². The minimum Gasteiger partial charge on any atom is -0.465 e. The summed E-state index contributed by atoms with van der Waals surface area (Å²) in [5, 5.41) is 9.00. The molecular weight excluding hydrogens is 236 g/mol. The Hall–Kier alpha value is -0.660. The van der Waals surface area contributed by atoms with Gasteiger partial charge in [0.25, 0.3) is 10.1 Å². The van der Waals surface area contributed by atoms with Gasteiger partial charge in [-0.3, -0.25) is 9.35 Å². The van der Waals surface area contributed by atoms with Gasteiger partial charge in [-0.05, 0) is 19.8 Å². The Bertz CT molecular complexity index is 317. The summed E-state index contributed by atoms with van der Waals surface area (Å²) >= 11 is 0. The van der Waals surface area contributed by atoms with Gasteiger partial charge in [0.1, 0.15) is 0 Å². The number of hydrogen-bond acceptors (Lipinski definition) is 5. The molecule has 0 saturated heterocycles. The van der Waals surface area contributed by atoms with E-state index in [-0.39, 0.29) is 19.6 Å². The number of hydrogen-bond donors (Lipinski definition) is 2. The summed E-state index contributed by atoms with van der Waals surface area (Å²) in [6.07, 6.45) is 0.469. The van der Waals surface area contributed by atoms with Crippen LogP contribution in [0.4, 0.5) is 0 Å². The highest BCUT2D eigenvalue weighted by atomic mass is 32.2. The molecule has 0 amide bonds. The monoisotopic (exact) mass is 254 g/mol. The van der Waals surface area contributed by atoms with E-state index >= 15 is 0 Å². The molecule has 0 saturated carbocycles. The van der Waals surface area contributed by atoms with Gasteiger partial charge in [0.15, 0.2) is 0 Å². The minimum absolute atomic E-state index is 0.0375. The molecule has 6 nitrogen and oxygen atoms in total. The van der Waals surface area contributed by atoms with Crippen LogP contribution < -0.4 is 0 Å². The maximum Gasteiger partial charge on any atom is 0.314 e. The third-order valence-corrected chi connectivity index (χ3v) is 3.21. The van der Waals surface area contributed by atoms with E-state index < -0.39 is 27.3 Å². The predicted octanol–water partition coefficient (Wildman–Crippen LogP) is 0.216. The van der Waals surface area contributed by atoms with Crippen molar-refractivity contribution < 1.29 is 27.6 Å². The van der Waals surface area contributed by atoms with Gasteiger partial charge >= 0.3 is 5.97 Å². The van der Waals surface area contributed by atoms with Crippen LogP contribution in [0.25, 0.3) is 0 Å². The van der Waals surface area contributed by atoms with Crippen LogP contribution in [-0.4, -0.2) is 43.0 Å². The van der Waals surface area contributed by atoms with Crippen LogP contribution in [0.1, 0.15) is 26.7 Å². The number of esters is 1. The predicted molar refractivity (Wildman–Crippen MR) is 57.5 cm³/mol. The van der Waals surface area contributed by atoms with E-state index in [1.807, 2.05) is 0 Å². The molecule has 0 fully saturated rings. The van der Waals surface area contributed by atoms with Crippen LogP contribution in [0.15, 0.2) is 0 Å². The van der Waals surface area contributed by atoms with Crippen LogP contribution in [0.5, 0.6) is 0 Å². The second-order valence-corrected chi connectivity index (χ2v) is 5.42. The Morgan fingerprint density at radius 1 is 1.44 bits per heavy atom. The van der Waals surface area contributed by atoms with E-state index in [1.54, 1.807) is 13.8 Å². The van der Waals surface area contributed by atoms with Crippen LogP contribution >= 0.6 is 0 Å². The Morgan fingerprint density at radius 2 is 2.00 bits per heavy atom. The molecule has 0 aliphatic carbocycles. The summed E-state index contributed by atoms with van der Waals surface area (Å²) in [7, 11) is -4.01. The van der Waals surface area contributed by atoms with Crippen molar-refractivity contribution in [1.29, 1.82) is 0 Å². The average Bonchev–Trinajstić information content (AvgIpc) is 2.21. The first-order chi connectivity index (χ1) is 7.25. The van der Waals surface area contributed by atoms with Crippen molar-refractivity contribution in [3.8, 4) is 0 Å². The molecule has 1 atom stereocenters. The molecular formula is C9H18O6S. The lowest BCUT2D eigenvalue weighted by atomic mass is 9.89. The molecule has 96 valence electrons. The summed E-state index contributed by atoms with van der Waals surface area (Å²) in [5.74, 6) is -1.00. The molecule has 0 rings (SSSR count). The van der Waals surface area contributed by atoms with Crippen LogP contribution in [0, 0.1) is 5.41 Å². The first-order valence-electron chi connectivity index (χ1n) is 4.98. The molecule has 0 aliphatic heterocycles. The Morgan fingerprint density at radius 3 is 2.38 bits per heavy atom. The van der Waals surface area contributed by atoms with E-state index in [2.05, 4.69) is 0 Å². The van der Waals surface area contributed by atoms with Gasteiger partial charge in [-0.25, -0.2) is 0 Å². The quantitative estimate of drug-likeness (QED) is 0.383. The summed E-state index contributed by atoms with van der Waals surface area (Å²) in [5.41, 5.74) is -0.946. The SMILES string of the molecule is CCC(C)(CO)C(=O)OCCCS(=O)(=O)O. The zero-order valence-corrected chi connectivity index (χ0v) is 10.3. The maximum atomic E-state index is 11.5. The van der Waals surface area contributed by atoms with Gasteiger partial charge < -0.3 is 9.84 Å². The Balaban J connectivity index is 3.99. The third-order valence-electron chi connectivity index (χ3n) is 2.40. The van der Waals surface area contributed by atoms with Crippen LogP contribution in [-0.2, 0) is 19.6 Å². The van der Waals surface area contributed by atoms with Crippen molar-refractivity contribution in [3.05, 3.63) is 0 Å². The first-order valence-corrected chi connectivity index (χ1v) is 6.59. The molecule has 0 spiro atoms. The van der Waals surface area contributed by atoms with E-state index in [1.165, 1.54) is 0 Å². The number of carbonyl (C=O) groups is 1. The minimum atomic E-state index is -4.01. The van der Waals surface area contributed by atoms with Gasteiger partial charge in [-0.2, -0.15) is 8.42 Å². The third kappa shape index (κ3) is 5.43. The zero-order chi connectivity index (χ0) is 12.8. The second kappa shape index (κ2) is 6.17. The Kier molecular flexibility index (Phi) is 5.91. The molecule has 0 heterocycles. The highest BCUT2D eigenvalue weighted by Gasteiger charge is 2.32. The first kappa shape index (κ1) is 15.3. The van der Waals surface area contributed by atoms with E-state index in [4.69, 9.17) is 14.4 Å². The number of aliphatic hydroxyl groups is 1. The normalized spacial score (nSPS) is 15.5. The van der Waals surface area contributed by atoms with Crippen molar-refractivity contribution in [1.82, 2.24) is 0 Å². The highest BCUT2D eigenvalue weighted by molar-refractivity contribution is 7.85. The topological polar surface area (TPSA) is 101 Å². The molecule has 7 heteroatoms. The van der Waals surface area contributed by atoms with E-state index in [0.717, 1.165) is 0 Å². The zero-order valence-electron chi connectivity index (χ0n) is 9.47. The van der Waals surface area contributed by atoms with E-state index in [0.29, 0.717) is 6.42 Å². The summed E-state index contributed by atoms with van der Waals surface area (Å²) < 4.78 is 34.0. The van der Waals surface area contributed by atoms with Crippen LogP contribution in [0.2, 0.25) is 0 Å². The van der Waals surface area contributed by atoms with Crippen molar-refractivity contribution in [3.63, 3.8) is 0 Å². The molecule has 0 bridgehead atoms. The molecule has 16 heavy (non-hydrogen) atoms. The lowest BCUT2D eigenvalue weighted by molar-refractivity contribution is -0.157. The van der Waals surface area contributed by atoms with Crippen molar-refractivity contribution in [2.75, 3.05) is 19.0 Å². The van der Waals surface area contributed by atoms with Crippen LogP contribution in [0.3, 0.4) is 0 Å². The molecule has 0 aromatic carbocycles. The Labute approximate surface area is 95.4 Å². The van der Waals surface area contributed by atoms with Crippen molar-refractivity contribution >= 4 is 16.1 Å². The van der Waals surface area contributed by atoms with Gasteiger partial charge in [0.2, 0.25) is 0 Å². The number of carbonyl (C=O) groups excluding carboxylic acids is 1. The number of rotatable bonds is 7. The van der Waals surface area contributed by atoms with Gasteiger partial charge in [-0.15, -0.1) is 0 Å². The molecule has 0 aromatic heterocycles. The fourth-order valence-corrected chi connectivity index (χ4v) is 1.38. The molecule has 0 radical (unpaired) electrons. The fraction of sp³-hybridized carbons (Fsp3) is 0.889. The average molecular weight is 254 g/mol. The largest absolute Gasteiger partial charge is 0.465 e. The summed E-state index contributed by atoms with van der Waals surface area (Å²) in [4.78, 5) is 11.5. The number of ether oxygens (including phenoxy) is 1. The smallest absolute Gasteiger partial charge is 0.314 e. The highest BCUT2D eigenvalue weighted by Crippen LogP contribution is 2.21. The van der Waals surface area contributed by atoms with Crippen molar-refractivity contribution in [2.24, 2.45) is 5.41 Å². The second-order valence-electron chi connectivity index (χ2n) is 3.85. The van der Waals surface area contributed by atoms with Gasteiger partial charge in [-0.1, -0.05) is 6.92 Å². The molecule has 0 aliphatic rings. The molecule has 2 N–H and O–H groups in total. The fourth-order valence-electron chi connectivity index (χ4n) is 0.901. The summed E-state index contributed by atoms with van der Waals surface area (Å²) in [6, 6.07) is 0.